The smallest absolute Gasteiger partial charge is 0.326 e. The highest BCUT2D eigenvalue weighted by molar-refractivity contribution is 14.1. The molecule has 0 bridgehead atoms. The fourth-order valence-corrected chi connectivity index (χ4v) is 5.82. The van der Waals surface area contributed by atoms with Crippen LogP contribution in [0.5, 0.6) is 0 Å². The van der Waals surface area contributed by atoms with Crippen LogP contribution in [-0.4, -0.2) is 98.3 Å². The van der Waals surface area contributed by atoms with Crippen LogP contribution in [0.2, 0.25) is 0 Å². The van der Waals surface area contributed by atoms with Crippen molar-refractivity contribution in [3.63, 3.8) is 0 Å². The fraction of sp³-hybridized carbons (Fsp3) is 0.412. The number of benzene rings is 2. The summed E-state index contributed by atoms with van der Waals surface area (Å²) in [6.45, 7) is 0.0543. The van der Waals surface area contributed by atoms with E-state index in [1.807, 2.05) is 0 Å². The number of rotatable bonds is 21. The van der Waals surface area contributed by atoms with Gasteiger partial charge in [0.25, 0.3) is 5.91 Å². The van der Waals surface area contributed by atoms with E-state index < -0.39 is 96.5 Å². The maximum atomic E-state index is 13.7. The molecule has 0 saturated heterocycles. The molecule has 1 aliphatic carbocycles. The Bertz CT molecular complexity index is 1640. The molecule has 0 spiro atoms. The van der Waals surface area contributed by atoms with Crippen molar-refractivity contribution < 1.29 is 58.8 Å². The van der Waals surface area contributed by atoms with Crippen molar-refractivity contribution in [3.8, 4) is 0 Å². The Labute approximate surface area is 311 Å². The van der Waals surface area contributed by atoms with Crippen molar-refractivity contribution in [2.24, 2.45) is 0 Å². The summed E-state index contributed by atoms with van der Waals surface area (Å²) in [6, 6.07) is 10.1. The van der Waals surface area contributed by atoms with Gasteiger partial charge in [-0.25, -0.2) is 14.4 Å². The average molecular weight is 838 g/mol. The van der Waals surface area contributed by atoms with Crippen molar-refractivity contribution in [1.29, 1.82) is 0 Å². The molecule has 2 aromatic rings. The number of carboxylic acids is 4. The van der Waals surface area contributed by atoms with Crippen LogP contribution in [0.4, 0.5) is 4.79 Å². The second-order valence-corrected chi connectivity index (χ2v) is 13.4. The Balaban J connectivity index is 1.63. The number of nitrogens with one attached hydrogen (secondary N) is 5. The Kier molecular flexibility index (Phi) is 15.3. The zero-order valence-corrected chi connectivity index (χ0v) is 30.0. The lowest BCUT2D eigenvalue weighted by Crippen LogP contribution is -2.56. The van der Waals surface area contributed by atoms with Crippen LogP contribution in [0.15, 0.2) is 54.6 Å². The third kappa shape index (κ3) is 12.5. The highest BCUT2D eigenvalue weighted by Crippen LogP contribution is 2.51. The topological polar surface area (TPSA) is 278 Å². The van der Waals surface area contributed by atoms with Crippen molar-refractivity contribution in [3.05, 3.63) is 69.3 Å². The third-order valence-corrected chi connectivity index (χ3v) is 9.07. The number of halogens is 1. The summed E-state index contributed by atoms with van der Waals surface area (Å²) in [5.74, 6) is -7.63. The van der Waals surface area contributed by atoms with Crippen LogP contribution >= 0.6 is 22.6 Å². The summed E-state index contributed by atoms with van der Waals surface area (Å²) in [6.07, 6.45) is -1.02. The van der Waals surface area contributed by atoms with Gasteiger partial charge in [-0.05, 0) is 90.9 Å². The molecule has 17 nitrogen and oxygen atoms in total. The van der Waals surface area contributed by atoms with E-state index in [0.717, 1.165) is 9.13 Å². The largest absolute Gasteiger partial charge is 0.481 e. The molecule has 1 fully saturated rings. The van der Waals surface area contributed by atoms with Crippen LogP contribution < -0.4 is 26.6 Å². The molecule has 5 atom stereocenters. The predicted octanol–water partition coefficient (Wildman–Crippen LogP) is 1.65. The first-order chi connectivity index (χ1) is 24.6. The predicted molar refractivity (Wildman–Crippen MR) is 190 cm³/mol. The first-order valence-electron chi connectivity index (χ1n) is 16.3. The number of hydrogen-bond acceptors (Lipinski definition) is 8. The van der Waals surface area contributed by atoms with Gasteiger partial charge in [0.05, 0.1) is 0 Å². The van der Waals surface area contributed by atoms with Crippen molar-refractivity contribution >= 4 is 70.2 Å². The van der Waals surface area contributed by atoms with E-state index in [9.17, 15) is 53.7 Å². The fourth-order valence-electron chi connectivity index (χ4n) is 5.46. The lowest BCUT2D eigenvalue weighted by molar-refractivity contribution is -0.141. The van der Waals surface area contributed by atoms with E-state index in [1.54, 1.807) is 54.6 Å². The van der Waals surface area contributed by atoms with Gasteiger partial charge in [-0.2, -0.15) is 0 Å². The summed E-state index contributed by atoms with van der Waals surface area (Å²) in [5, 5.41) is 49.2. The molecule has 2 aromatic carbocycles. The normalized spacial score (nSPS) is 17.7. The molecule has 3 rings (SSSR count). The minimum Gasteiger partial charge on any atom is -0.481 e. The first kappa shape index (κ1) is 41.2. The Hall–Kier alpha value is -5.27. The average Bonchev–Trinajstić information content (AvgIpc) is 3.82. The zero-order chi connectivity index (χ0) is 38.4. The minimum absolute atomic E-state index is 0.0543. The molecule has 5 amide bonds. The third-order valence-electron chi connectivity index (χ3n) is 8.35. The van der Waals surface area contributed by atoms with Crippen molar-refractivity contribution in [2.45, 2.75) is 80.9 Å². The van der Waals surface area contributed by atoms with E-state index in [1.165, 1.54) is 0 Å². The van der Waals surface area contributed by atoms with Crippen LogP contribution in [0.3, 0.4) is 0 Å². The number of hydrogen-bond donors (Lipinski definition) is 9. The monoisotopic (exact) mass is 837 g/mol. The minimum atomic E-state index is -1.55. The van der Waals surface area contributed by atoms with Crippen LogP contribution in [0, 0.1) is 3.57 Å². The SMILES string of the molecule is O=C(O)CC[C@H](NC(=O)N[C@@H](CCCCNC(=O)C1(NC(=O)[C@H](CCC(=O)O)NC(=O)c2ccc(I)cc2)CC1c1ccccc1)C(=O)O)C(=O)O. The maximum Gasteiger partial charge on any atom is 0.326 e. The van der Waals surface area contributed by atoms with Gasteiger partial charge >= 0.3 is 29.9 Å². The highest BCUT2D eigenvalue weighted by Gasteiger charge is 2.62. The van der Waals surface area contributed by atoms with Gasteiger partial charge in [-0.3, -0.25) is 24.0 Å². The molecule has 9 N–H and O–H groups in total. The van der Waals surface area contributed by atoms with Gasteiger partial charge in [0.15, 0.2) is 0 Å². The number of carboxylic acid groups (broad SMARTS) is 4. The number of aliphatic carboxylic acids is 4. The van der Waals surface area contributed by atoms with Gasteiger partial charge in [0, 0.05) is 34.4 Å². The van der Waals surface area contributed by atoms with E-state index in [0.29, 0.717) is 0 Å². The van der Waals surface area contributed by atoms with Gasteiger partial charge in [-0.1, -0.05) is 30.3 Å². The molecule has 0 aliphatic heterocycles. The molecule has 18 heteroatoms. The standard InChI is InChI=1S/C34H40IN5O12/c35-21-11-9-20(10-12-21)28(45)37-23(13-15-26(41)42)29(46)40-34(18-22(34)19-6-2-1-3-7-19)32(51)36-17-5-4-8-24(30(47)48)38-33(52)39-25(31(49)50)14-16-27(43)44/h1-3,6-7,9-12,22-25H,4-5,8,13-18H2,(H,36,51)(H,37,45)(H,40,46)(H,41,42)(H,43,44)(H,47,48)(H,49,50)(H2,38,39,52)/t22?,23-,24-,25-,34?/m0/s1. The number of carbonyl (C=O) groups excluding carboxylic acids is 4. The van der Waals surface area contributed by atoms with Crippen molar-refractivity contribution in [2.75, 3.05) is 6.54 Å². The van der Waals surface area contributed by atoms with Gasteiger partial charge in [-0.15, -0.1) is 0 Å². The molecule has 52 heavy (non-hydrogen) atoms. The van der Waals surface area contributed by atoms with Crippen LogP contribution in [0.1, 0.15) is 73.2 Å². The Morgan fingerprint density at radius 1 is 0.712 bits per heavy atom. The number of urea groups is 1. The maximum absolute atomic E-state index is 13.7. The number of carbonyl (C=O) groups is 8. The van der Waals surface area contributed by atoms with Crippen LogP contribution in [0.25, 0.3) is 0 Å². The Morgan fingerprint density at radius 3 is 1.83 bits per heavy atom. The van der Waals surface area contributed by atoms with E-state index in [2.05, 4.69) is 49.2 Å². The molecule has 1 aliphatic rings. The van der Waals surface area contributed by atoms with E-state index in [4.69, 9.17) is 5.11 Å². The molecule has 1 saturated carbocycles. The summed E-state index contributed by atoms with van der Waals surface area (Å²) >= 11 is 2.07. The van der Waals surface area contributed by atoms with E-state index in [-0.39, 0.29) is 44.2 Å². The van der Waals surface area contributed by atoms with Crippen molar-refractivity contribution in [1.82, 2.24) is 26.6 Å². The van der Waals surface area contributed by atoms with Gasteiger partial charge < -0.3 is 47.0 Å². The molecular weight excluding hydrogens is 797 g/mol. The summed E-state index contributed by atoms with van der Waals surface area (Å²) < 4.78 is 0.881. The summed E-state index contributed by atoms with van der Waals surface area (Å²) in [5.41, 5.74) is -0.390. The lowest BCUT2D eigenvalue weighted by Gasteiger charge is -2.24. The first-order valence-corrected chi connectivity index (χ1v) is 17.4. The molecule has 2 unspecified atom stereocenters. The lowest BCUT2D eigenvalue weighted by atomic mass is 10.0. The highest BCUT2D eigenvalue weighted by atomic mass is 127. The van der Waals surface area contributed by atoms with Gasteiger partial charge in [0.1, 0.15) is 23.7 Å². The quantitative estimate of drug-likeness (QED) is 0.0642. The zero-order valence-electron chi connectivity index (χ0n) is 27.8. The molecular formula is C34H40IN5O12. The van der Waals surface area contributed by atoms with Gasteiger partial charge in [0.2, 0.25) is 11.8 Å². The van der Waals surface area contributed by atoms with E-state index >= 15 is 0 Å². The molecule has 0 heterocycles. The molecule has 280 valence electrons. The van der Waals surface area contributed by atoms with Crippen LogP contribution in [-0.2, 0) is 28.8 Å². The summed E-state index contributed by atoms with van der Waals surface area (Å²) in [7, 11) is 0. The second kappa shape index (κ2) is 19.4. The second-order valence-electron chi connectivity index (χ2n) is 12.2. The Morgan fingerprint density at radius 2 is 1.27 bits per heavy atom. The number of amides is 5. The molecule has 0 aromatic heterocycles. The number of unbranched alkanes of at least 4 members (excludes halogenated alkanes) is 1. The summed E-state index contributed by atoms with van der Waals surface area (Å²) in [4.78, 5) is 97.8. The molecule has 0 radical (unpaired) electrons.